The van der Waals surface area contributed by atoms with Crippen LogP contribution >= 0.6 is 15.9 Å². The van der Waals surface area contributed by atoms with Gasteiger partial charge in [0.05, 0.1) is 5.75 Å². The van der Waals surface area contributed by atoms with Crippen molar-refractivity contribution < 1.29 is 12.8 Å². The second kappa shape index (κ2) is 5.07. The molecule has 1 aromatic heterocycles. The summed E-state index contributed by atoms with van der Waals surface area (Å²) in [5, 5.41) is 0.625. The van der Waals surface area contributed by atoms with Crippen molar-refractivity contribution in [2.75, 3.05) is 0 Å². The van der Waals surface area contributed by atoms with Gasteiger partial charge in [-0.2, -0.15) is 0 Å². The third-order valence-corrected chi connectivity index (χ3v) is 5.53. The van der Waals surface area contributed by atoms with E-state index in [1.807, 2.05) is 24.3 Å². The largest absolute Gasteiger partial charge is 0.463 e. The lowest BCUT2D eigenvalue weighted by atomic mass is 10.2. The van der Waals surface area contributed by atoms with Crippen molar-refractivity contribution >= 4 is 36.7 Å². The van der Waals surface area contributed by atoms with Gasteiger partial charge in [-0.25, -0.2) is 8.42 Å². The smallest absolute Gasteiger partial charge is 0.186 e. The Morgan fingerprint density at radius 3 is 2.50 bits per heavy atom. The van der Waals surface area contributed by atoms with Crippen molar-refractivity contribution in [3.05, 3.63) is 64.8 Å². The Bertz CT molecular complexity index is 865. The Kier molecular flexibility index (Phi) is 3.40. The maximum atomic E-state index is 12.5. The minimum absolute atomic E-state index is 0.0576. The highest BCUT2D eigenvalue weighted by molar-refractivity contribution is 9.10. The predicted octanol–water partition coefficient (Wildman–Crippen LogP) is 4.17. The molecule has 0 saturated carbocycles. The molecule has 2 aromatic carbocycles. The Morgan fingerprint density at radius 2 is 1.70 bits per heavy atom. The van der Waals surface area contributed by atoms with E-state index >= 15 is 0 Å². The van der Waals surface area contributed by atoms with Crippen molar-refractivity contribution in [2.24, 2.45) is 0 Å². The first kappa shape index (κ1) is 13.4. The monoisotopic (exact) mass is 350 g/mol. The van der Waals surface area contributed by atoms with Gasteiger partial charge in [0.2, 0.25) is 0 Å². The van der Waals surface area contributed by atoms with Crippen LogP contribution in [0.15, 0.2) is 68.6 Å². The molecule has 0 atom stereocenters. The van der Waals surface area contributed by atoms with Gasteiger partial charge < -0.3 is 4.42 Å². The molecule has 0 radical (unpaired) electrons. The van der Waals surface area contributed by atoms with Crippen molar-refractivity contribution in [3.63, 3.8) is 0 Å². The summed E-state index contributed by atoms with van der Waals surface area (Å²) < 4.78 is 31.2. The van der Waals surface area contributed by atoms with Gasteiger partial charge in [-0.3, -0.25) is 0 Å². The SMILES string of the molecule is O=S(=O)(Cc1ccccc1Br)c1coc2ccccc12. The van der Waals surface area contributed by atoms with Gasteiger partial charge in [-0.1, -0.05) is 46.3 Å². The van der Waals surface area contributed by atoms with E-state index in [1.54, 1.807) is 24.3 Å². The second-order valence-corrected chi connectivity index (χ2v) is 7.26. The molecule has 5 heteroatoms. The summed E-state index contributed by atoms with van der Waals surface area (Å²) in [7, 11) is -3.44. The molecule has 0 saturated heterocycles. The number of hydrogen-bond acceptors (Lipinski definition) is 3. The first-order valence-corrected chi connectivity index (χ1v) is 8.45. The molecule has 0 amide bonds. The quantitative estimate of drug-likeness (QED) is 0.712. The molecule has 0 unspecified atom stereocenters. The zero-order chi connectivity index (χ0) is 14.2. The van der Waals surface area contributed by atoms with Gasteiger partial charge in [0.25, 0.3) is 0 Å². The standard InChI is InChI=1S/C15H11BrO3S/c16-13-7-3-1-5-11(13)10-20(17,18)15-9-19-14-8-4-2-6-12(14)15/h1-9H,10H2. The number of benzene rings is 2. The maximum absolute atomic E-state index is 12.5. The second-order valence-electron chi connectivity index (χ2n) is 4.45. The molecular weight excluding hydrogens is 340 g/mol. The van der Waals surface area contributed by atoms with Crippen molar-refractivity contribution in [1.29, 1.82) is 0 Å². The first-order chi connectivity index (χ1) is 9.58. The van der Waals surface area contributed by atoms with Crippen molar-refractivity contribution in [3.8, 4) is 0 Å². The molecule has 0 fully saturated rings. The van der Waals surface area contributed by atoms with Crippen LogP contribution in [0.3, 0.4) is 0 Å². The van der Waals surface area contributed by atoms with E-state index in [0.717, 1.165) is 10.0 Å². The summed E-state index contributed by atoms with van der Waals surface area (Å²) in [5.74, 6) is -0.0576. The summed E-state index contributed by atoms with van der Waals surface area (Å²) in [6, 6.07) is 14.4. The lowest BCUT2D eigenvalue weighted by molar-refractivity contribution is 0.583. The number of halogens is 1. The number of furan rings is 1. The molecule has 0 spiro atoms. The lowest BCUT2D eigenvalue weighted by Gasteiger charge is -2.05. The number of hydrogen-bond donors (Lipinski definition) is 0. The van der Waals surface area contributed by atoms with E-state index in [2.05, 4.69) is 15.9 Å². The van der Waals surface area contributed by atoms with Crippen LogP contribution in [0, 0.1) is 0 Å². The van der Waals surface area contributed by atoms with E-state index in [1.165, 1.54) is 6.26 Å². The van der Waals surface area contributed by atoms with Gasteiger partial charge in [0.15, 0.2) is 9.84 Å². The van der Waals surface area contributed by atoms with Crippen LogP contribution < -0.4 is 0 Å². The third kappa shape index (κ3) is 2.39. The van der Waals surface area contributed by atoms with Gasteiger partial charge in [-0.15, -0.1) is 0 Å². The molecule has 0 N–H and O–H groups in total. The maximum Gasteiger partial charge on any atom is 0.186 e. The lowest BCUT2D eigenvalue weighted by Crippen LogP contribution is -2.04. The van der Waals surface area contributed by atoms with E-state index in [9.17, 15) is 8.42 Å². The number of fused-ring (bicyclic) bond motifs is 1. The van der Waals surface area contributed by atoms with E-state index in [-0.39, 0.29) is 10.6 Å². The minimum atomic E-state index is -3.44. The summed E-state index contributed by atoms with van der Waals surface area (Å²) in [6.45, 7) is 0. The van der Waals surface area contributed by atoms with Crippen LogP contribution in [0.1, 0.15) is 5.56 Å². The summed E-state index contributed by atoms with van der Waals surface area (Å²) in [6.07, 6.45) is 1.32. The molecule has 0 aliphatic rings. The van der Waals surface area contributed by atoms with Crippen LogP contribution in [0.5, 0.6) is 0 Å². The molecule has 0 aliphatic heterocycles. The minimum Gasteiger partial charge on any atom is -0.463 e. The average molecular weight is 351 g/mol. The molecule has 0 aliphatic carbocycles. The third-order valence-electron chi connectivity index (χ3n) is 3.08. The van der Waals surface area contributed by atoms with Gasteiger partial charge in [0, 0.05) is 9.86 Å². The molecule has 102 valence electrons. The normalized spacial score (nSPS) is 11.8. The van der Waals surface area contributed by atoms with E-state index in [0.29, 0.717) is 11.0 Å². The van der Waals surface area contributed by atoms with Crippen LogP contribution in [-0.2, 0) is 15.6 Å². The predicted molar refractivity (Wildman–Crippen MR) is 81.2 cm³/mol. The molecule has 0 bridgehead atoms. The van der Waals surface area contributed by atoms with E-state index in [4.69, 9.17) is 4.42 Å². The van der Waals surface area contributed by atoms with Crippen molar-refractivity contribution in [1.82, 2.24) is 0 Å². The molecule has 3 aromatic rings. The fraction of sp³-hybridized carbons (Fsp3) is 0.0667. The van der Waals surface area contributed by atoms with Gasteiger partial charge in [0.1, 0.15) is 16.7 Å². The fourth-order valence-corrected chi connectivity index (χ4v) is 4.22. The first-order valence-electron chi connectivity index (χ1n) is 6.00. The highest BCUT2D eigenvalue weighted by Gasteiger charge is 2.21. The molecule has 1 heterocycles. The topological polar surface area (TPSA) is 47.3 Å². The molecule has 3 nitrogen and oxygen atoms in total. The van der Waals surface area contributed by atoms with Crippen LogP contribution in [-0.4, -0.2) is 8.42 Å². The molecule has 3 rings (SSSR count). The molecular formula is C15H11BrO3S. The number of para-hydroxylation sites is 1. The average Bonchev–Trinajstić information content (AvgIpc) is 2.86. The van der Waals surface area contributed by atoms with Gasteiger partial charge >= 0.3 is 0 Å². The summed E-state index contributed by atoms with van der Waals surface area (Å²) >= 11 is 3.37. The number of sulfone groups is 1. The van der Waals surface area contributed by atoms with Crippen LogP contribution in [0.25, 0.3) is 11.0 Å². The zero-order valence-electron chi connectivity index (χ0n) is 10.4. The van der Waals surface area contributed by atoms with E-state index < -0.39 is 9.84 Å². The zero-order valence-corrected chi connectivity index (χ0v) is 12.8. The highest BCUT2D eigenvalue weighted by Crippen LogP contribution is 2.29. The molecule has 20 heavy (non-hydrogen) atoms. The Hall–Kier alpha value is -1.59. The van der Waals surface area contributed by atoms with Gasteiger partial charge in [-0.05, 0) is 23.8 Å². The Balaban J connectivity index is 2.07. The Labute approximate surface area is 125 Å². The fourth-order valence-electron chi connectivity index (χ4n) is 2.09. The summed E-state index contributed by atoms with van der Waals surface area (Å²) in [5.41, 5.74) is 1.32. The Morgan fingerprint density at radius 1 is 1.00 bits per heavy atom. The highest BCUT2D eigenvalue weighted by atomic mass is 79.9. The van der Waals surface area contributed by atoms with Crippen LogP contribution in [0.2, 0.25) is 0 Å². The number of rotatable bonds is 3. The van der Waals surface area contributed by atoms with Crippen LogP contribution in [0.4, 0.5) is 0 Å². The summed E-state index contributed by atoms with van der Waals surface area (Å²) in [4.78, 5) is 0.240. The van der Waals surface area contributed by atoms with Crippen molar-refractivity contribution in [2.45, 2.75) is 10.6 Å².